The van der Waals surface area contributed by atoms with Crippen molar-refractivity contribution in [1.29, 1.82) is 0 Å². The molecule has 0 aliphatic rings. The average Bonchev–Trinajstić information content (AvgIpc) is 2.36. The van der Waals surface area contributed by atoms with E-state index in [9.17, 15) is 0 Å². The van der Waals surface area contributed by atoms with Gasteiger partial charge in [0.1, 0.15) is 0 Å². The second-order valence-electron chi connectivity index (χ2n) is 6.37. The van der Waals surface area contributed by atoms with Gasteiger partial charge in [-0.2, -0.15) is 0 Å². The molecule has 0 aromatic heterocycles. The Morgan fingerprint density at radius 2 is 0.652 bits per heavy atom. The summed E-state index contributed by atoms with van der Waals surface area (Å²) in [6, 6.07) is 2.50. The Labute approximate surface area is 167 Å². The molecule has 0 spiro atoms. The topological polar surface area (TPSA) is 48.1 Å². The van der Waals surface area contributed by atoms with Crippen molar-refractivity contribution in [1.82, 2.24) is 21.3 Å². The predicted molar refractivity (Wildman–Crippen MR) is 106 cm³/mol. The Morgan fingerprint density at radius 3 is 0.652 bits per heavy atom. The van der Waals surface area contributed by atoms with Crippen LogP contribution < -0.4 is 21.3 Å². The molecular weight excluding hydrogens is 451 g/mol. The van der Waals surface area contributed by atoms with Crippen LogP contribution in [0.5, 0.6) is 0 Å². The van der Waals surface area contributed by atoms with Crippen molar-refractivity contribution in [3.05, 3.63) is 0 Å². The van der Waals surface area contributed by atoms with Gasteiger partial charge < -0.3 is 21.3 Å². The molecule has 0 bridgehead atoms. The number of hydrogen-bond donors (Lipinski definition) is 4. The van der Waals surface area contributed by atoms with Crippen molar-refractivity contribution in [2.45, 2.75) is 93.4 Å². The average molecular weight is 499 g/mol. The smallest absolute Gasteiger partial charge is 0.00127 e. The Hall–Kier alpha value is 0.710. The Balaban J connectivity index is -0.0000000639. The molecule has 0 aromatic rings. The van der Waals surface area contributed by atoms with E-state index >= 15 is 0 Å². The predicted octanol–water partition coefficient (Wildman–Crippen LogP) is 3.23. The molecule has 0 amide bonds. The molecule has 4 nitrogen and oxygen atoms in total. The minimum absolute atomic E-state index is 0. The third kappa shape index (κ3) is 84.9. The van der Waals surface area contributed by atoms with Crippen molar-refractivity contribution in [2.24, 2.45) is 0 Å². The summed E-state index contributed by atoms with van der Waals surface area (Å²) in [5, 5.41) is 12.5. The quantitative estimate of drug-likeness (QED) is 0.425. The maximum atomic E-state index is 3.31. The molecule has 4 N–H and O–H groups in total. The summed E-state index contributed by atoms with van der Waals surface area (Å²) >= 11 is 0. The first-order chi connectivity index (χ1) is 10.1. The van der Waals surface area contributed by atoms with Gasteiger partial charge in [0.05, 0.1) is 0 Å². The molecule has 0 heterocycles. The van der Waals surface area contributed by atoms with Gasteiger partial charge in [-0.1, -0.05) is 69.2 Å². The summed E-state index contributed by atoms with van der Waals surface area (Å²) in [5.41, 5.74) is 0. The Kier molecular flexibility index (Phi) is 46.4. The summed E-state index contributed by atoms with van der Waals surface area (Å²) in [4.78, 5) is 0. The molecule has 0 aromatic carbocycles. The van der Waals surface area contributed by atoms with E-state index in [1.807, 2.05) is 14.1 Å². The minimum Gasteiger partial charge on any atom is -0.320 e. The molecule has 23 heavy (non-hydrogen) atoms. The van der Waals surface area contributed by atoms with Crippen LogP contribution in [0.4, 0.5) is 0 Å². The van der Waals surface area contributed by atoms with Crippen molar-refractivity contribution < 1.29 is 25.8 Å². The molecule has 0 atom stereocenters. The normalized spacial score (nSPS) is 9.39. The van der Waals surface area contributed by atoms with E-state index in [0.717, 1.165) is 13.1 Å². The number of nitrogens with one attached hydrogen (secondary N) is 4. The van der Waals surface area contributed by atoms with Crippen LogP contribution in [0.1, 0.15) is 69.2 Å². The second kappa shape index (κ2) is 30.6. The fourth-order valence-electron chi connectivity index (χ4n) is 1.33. The first-order valence-electron chi connectivity index (χ1n) is 8.89. The van der Waals surface area contributed by atoms with Crippen LogP contribution in [0.25, 0.3) is 0 Å². The van der Waals surface area contributed by atoms with Crippen molar-refractivity contribution >= 4 is 0 Å². The summed E-state index contributed by atoms with van der Waals surface area (Å²) in [6.07, 6.45) is 0. The molecule has 0 saturated heterocycles. The second-order valence-corrected chi connectivity index (χ2v) is 6.37. The summed E-state index contributed by atoms with van der Waals surface area (Å²) < 4.78 is 0. The maximum Gasteiger partial charge on any atom is 0.00127 e. The van der Waals surface area contributed by atoms with Crippen LogP contribution in [0.3, 0.4) is 0 Å². The number of rotatable bonds is 6. The van der Waals surface area contributed by atoms with Crippen LogP contribution in [0, 0.1) is 0 Å². The SMILES string of the molecule is CC(C)NC(C)C.CC(C)NC(C)C.CCNC.CCNC.[Hf]. The fraction of sp³-hybridized carbons (Fsp3) is 1.00. The maximum absolute atomic E-state index is 3.31. The molecule has 0 aliphatic heterocycles. The first-order valence-corrected chi connectivity index (χ1v) is 8.89. The Bertz CT molecular complexity index is 129. The van der Waals surface area contributed by atoms with Crippen LogP contribution in [-0.4, -0.2) is 51.4 Å². The van der Waals surface area contributed by atoms with E-state index in [1.165, 1.54) is 0 Å². The van der Waals surface area contributed by atoms with Gasteiger partial charge in [0.2, 0.25) is 0 Å². The van der Waals surface area contributed by atoms with Crippen LogP contribution in [0.2, 0.25) is 0 Å². The van der Waals surface area contributed by atoms with Gasteiger partial charge in [-0.15, -0.1) is 0 Å². The van der Waals surface area contributed by atoms with Crippen LogP contribution in [-0.2, 0) is 25.8 Å². The first kappa shape index (κ1) is 34.9. The van der Waals surface area contributed by atoms with Gasteiger partial charge in [-0.05, 0) is 27.2 Å². The standard InChI is InChI=1S/2C6H15N.2C3H9N.Hf/c2*1-5(2)7-6(3)4;2*1-3-4-2;/h2*5-7H,1-4H3;2*4H,3H2,1-2H3;. The number of hydrogen-bond acceptors (Lipinski definition) is 4. The molecule has 0 fully saturated rings. The van der Waals surface area contributed by atoms with Crippen LogP contribution >= 0.6 is 0 Å². The molecule has 0 rings (SSSR count). The van der Waals surface area contributed by atoms with Crippen LogP contribution in [0.15, 0.2) is 0 Å². The molecule has 0 aliphatic carbocycles. The van der Waals surface area contributed by atoms with E-state index in [2.05, 4.69) is 90.5 Å². The molecule has 144 valence electrons. The zero-order chi connectivity index (χ0) is 18.6. The van der Waals surface area contributed by atoms with Gasteiger partial charge in [-0.25, -0.2) is 0 Å². The van der Waals surface area contributed by atoms with Crippen molar-refractivity contribution in [3.63, 3.8) is 0 Å². The fourth-order valence-corrected chi connectivity index (χ4v) is 1.33. The zero-order valence-corrected chi connectivity index (χ0v) is 21.8. The summed E-state index contributed by atoms with van der Waals surface area (Å²) in [6.45, 7) is 23.5. The van der Waals surface area contributed by atoms with E-state index in [-0.39, 0.29) is 25.8 Å². The van der Waals surface area contributed by atoms with Gasteiger partial charge in [0.15, 0.2) is 0 Å². The molecule has 5 heteroatoms. The minimum atomic E-state index is 0. The molecular formula is C18H48HfN4. The van der Waals surface area contributed by atoms with Crippen molar-refractivity contribution in [3.8, 4) is 0 Å². The monoisotopic (exact) mass is 500 g/mol. The van der Waals surface area contributed by atoms with Gasteiger partial charge in [-0.3, -0.25) is 0 Å². The van der Waals surface area contributed by atoms with E-state index < -0.39 is 0 Å². The zero-order valence-electron chi connectivity index (χ0n) is 18.2. The summed E-state index contributed by atoms with van der Waals surface area (Å²) in [5.74, 6) is 0. The molecule has 0 saturated carbocycles. The summed E-state index contributed by atoms with van der Waals surface area (Å²) in [7, 11) is 3.86. The third-order valence-electron chi connectivity index (χ3n) is 2.04. The van der Waals surface area contributed by atoms with Crippen molar-refractivity contribution in [2.75, 3.05) is 27.2 Å². The van der Waals surface area contributed by atoms with E-state index in [0.29, 0.717) is 24.2 Å². The largest absolute Gasteiger partial charge is 0.320 e. The van der Waals surface area contributed by atoms with E-state index in [1.54, 1.807) is 0 Å². The van der Waals surface area contributed by atoms with Gasteiger partial charge in [0.25, 0.3) is 0 Å². The third-order valence-corrected chi connectivity index (χ3v) is 2.04. The molecule has 0 radical (unpaired) electrons. The molecule has 0 unspecified atom stereocenters. The van der Waals surface area contributed by atoms with Gasteiger partial charge in [0, 0.05) is 50.0 Å². The van der Waals surface area contributed by atoms with Gasteiger partial charge >= 0.3 is 0 Å². The van der Waals surface area contributed by atoms with E-state index in [4.69, 9.17) is 0 Å². The Morgan fingerprint density at radius 1 is 0.522 bits per heavy atom.